The quantitative estimate of drug-likeness (QED) is 0.630. The minimum absolute atomic E-state index is 0.579. The van der Waals surface area contributed by atoms with Crippen molar-refractivity contribution in [2.24, 2.45) is 7.05 Å². The van der Waals surface area contributed by atoms with Gasteiger partial charge in [-0.2, -0.15) is 5.10 Å². The zero-order chi connectivity index (χ0) is 8.72. The van der Waals surface area contributed by atoms with E-state index >= 15 is 0 Å². The highest BCUT2D eigenvalue weighted by Crippen LogP contribution is 2.26. The highest BCUT2D eigenvalue weighted by Gasteiger charge is 2.04. The van der Waals surface area contributed by atoms with Crippen LogP contribution in [0.25, 0.3) is 10.9 Å². The SMILES string of the molecule is Cn1cc2c(N)c(Cl)ccc2n1. The molecule has 0 aliphatic rings. The molecule has 0 atom stereocenters. The number of hydrogen-bond acceptors (Lipinski definition) is 2. The molecule has 2 N–H and O–H groups in total. The van der Waals surface area contributed by atoms with Crippen molar-refractivity contribution >= 4 is 28.2 Å². The Morgan fingerprint density at radius 2 is 2.25 bits per heavy atom. The van der Waals surface area contributed by atoms with Gasteiger partial charge in [-0.1, -0.05) is 11.6 Å². The molecule has 0 aliphatic carbocycles. The second-order valence-corrected chi connectivity index (χ2v) is 3.10. The highest BCUT2D eigenvalue weighted by molar-refractivity contribution is 6.34. The molecule has 1 aromatic carbocycles. The Hall–Kier alpha value is -1.22. The number of nitrogen functional groups attached to an aromatic ring is 1. The molecule has 0 saturated heterocycles. The summed E-state index contributed by atoms with van der Waals surface area (Å²) in [5.74, 6) is 0. The Kier molecular flexibility index (Phi) is 1.48. The third-order valence-electron chi connectivity index (χ3n) is 1.79. The lowest BCUT2D eigenvalue weighted by atomic mass is 10.2. The van der Waals surface area contributed by atoms with Gasteiger partial charge in [0.05, 0.1) is 16.2 Å². The second-order valence-electron chi connectivity index (χ2n) is 2.70. The van der Waals surface area contributed by atoms with E-state index in [0.717, 1.165) is 10.9 Å². The van der Waals surface area contributed by atoms with E-state index in [1.165, 1.54) is 0 Å². The molecule has 12 heavy (non-hydrogen) atoms. The summed E-state index contributed by atoms with van der Waals surface area (Å²) in [5.41, 5.74) is 7.22. The lowest BCUT2D eigenvalue weighted by molar-refractivity contribution is 0.780. The maximum absolute atomic E-state index is 5.83. The molecule has 0 aliphatic heterocycles. The van der Waals surface area contributed by atoms with E-state index in [9.17, 15) is 0 Å². The van der Waals surface area contributed by atoms with Gasteiger partial charge >= 0.3 is 0 Å². The van der Waals surface area contributed by atoms with Crippen molar-refractivity contribution in [3.05, 3.63) is 23.4 Å². The van der Waals surface area contributed by atoms with Crippen molar-refractivity contribution in [3.63, 3.8) is 0 Å². The van der Waals surface area contributed by atoms with E-state index in [1.54, 1.807) is 10.7 Å². The van der Waals surface area contributed by atoms with E-state index in [4.69, 9.17) is 17.3 Å². The van der Waals surface area contributed by atoms with Crippen LogP contribution >= 0.6 is 11.6 Å². The number of halogens is 1. The topological polar surface area (TPSA) is 43.8 Å². The lowest BCUT2D eigenvalue weighted by Crippen LogP contribution is -1.85. The van der Waals surface area contributed by atoms with Crippen molar-refractivity contribution in [1.82, 2.24) is 9.78 Å². The molecule has 1 aromatic heterocycles. The molecule has 0 bridgehead atoms. The molecule has 0 radical (unpaired) electrons. The normalized spacial score (nSPS) is 10.8. The number of fused-ring (bicyclic) bond motifs is 1. The third kappa shape index (κ3) is 0.940. The molecule has 4 heteroatoms. The summed E-state index contributed by atoms with van der Waals surface area (Å²) in [6, 6.07) is 3.61. The number of aromatic nitrogens is 2. The first-order valence-corrected chi connectivity index (χ1v) is 3.93. The average Bonchev–Trinajstić information content (AvgIpc) is 2.39. The van der Waals surface area contributed by atoms with E-state index in [0.29, 0.717) is 10.7 Å². The van der Waals surface area contributed by atoms with Crippen molar-refractivity contribution in [2.75, 3.05) is 5.73 Å². The van der Waals surface area contributed by atoms with Gasteiger partial charge in [-0.25, -0.2) is 0 Å². The molecule has 0 amide bonds. The Morgan fingerprint density at radius 1 is 1.50 bits per heavy atom. The Balaban J connectivity index is 2.89. The smallest absolute Gasteiger partial charge is 0.0945 e. The van der Waals surface area contributed by atoms with Crippen LogP contribution in [0.2, 0.25) is 5.02 Å². The summed E-state index contributed by atoms with van der Waals surface area (Å²) in [6.45, 7) is 0. The fraction of sp³-hybridized carbons (Fsp3) is 0.125. The number of hydrogen-bond donors (Lipinski definition) is 1. The van der Waals surface area contributed by atoms with E-state index in [1.807, 2.05) is 19.3 Å². The molecular weight excluding hydrogens is 174 g/mol. The minimum atomic E-state index is 0.579. The van der Waals surface area contributed by atoms with Crippen LogP contribution in [-0.2, 0) is 7.05 Å². The van der Waals surface area contributed by atoms with Gasteiger partial charge in [0.1, 0.15) is 0 Å². The van der Waals surface area contributed by atoms with Crippen molar-refractivity contribution in [2.45, 2.75) is 0 Å². The average molecular weight is 182 g/mol. The second kappa shape index (κ2) is 2.38. The van der Waals surface area contributed by atoms with Gasteiger partial charge in [0.2, 0.25) is 0 Å². The zero-order valence-corrected chi connectivity index (χ0v) is 7.34. The van der Waals surface area contributed by atoms with Crippen LogP contribution in [0.1, 0.15) is 0 Å². The summed E-state index contributed by atoms with van der Waals surface area (Å²) in [6.07, 6.45) is 1.86. The number of nitrogens with zero attached hydrogens (tertiary/aromatic N) is 2. The van der Waals surface area contributed by atoms with Gasteiger partial charge < -0.3 is 5.73 Å². The largest absolute Gasteiger partial charge is 0.397 e. The molecule has 62 valence electrons. The first-order valence-electron chi connectivity index (χ1n) is 3.56. The Morgan fingerprint density at radius 3 is 3.00 bits per heavy atom. The summed E-state index contributed by atoms with van der Waals surface area (Å²) in [5, 5.41) is 5.68. The number of benzene rings is 1. The van der Waals surface area contributed by atoms with E-state index < -0.39 is 0 Å². The molecule has 3 nitrogen and oxygen atoms in total. The van der Waals surface area contributed by atoms with Crippen LogP contribution in [0.4, 0.5) is 5.69 Å². The molecule has 2 aromatic rings. The number of rotatable bonds is 0. The van der Waals surface area contributed by atoms with Crippen LogP contribution in [0.3, 0.4) is 0 Å². The monoisotopic (exact) mass is 181 g/mol. The summed E-state index contributed by atoms with van der Waals surface area (Å²) >= 11 is 5.83. The number of nitrogens with two attached hydrogens (primary N) is 1. The van der Waals surface area contributed by atoms with Crippen LogP contribution in [0.15, 0.2) is 18.3 Å². The fourth-order valence-corrected chi connectivity index (χ4v) is 1.37. The molecule has 1 heterocycles. The van der Waals surface area contributed by atoms with E-state index in [-0.39, 0.29) is 0 Å². The highest BCUT2D eigenvalue weighted by atomic mass is 35.5. The van der Waals surface area contributed by atoms with Gasteiger partial charge in [-0.3, -0.25) is 4.68 Å². The maximum Gasteiger partial charge on any atom is 0.0945 e. The standard InChI is InChI=1S/C8H8ClN3/c1-12-4-5-7(11-12)3-2-6(9)8(5)10/h2-4H,10H2,1H3. The maximum atomic E-state index is 5.83. The van der Waals surface area contributed by atoms with Gasteiger partial charge in [0.15, 0.2) is 0 Å². The van der Waals surface area contributed by atoms with Crippen LogP contribution in [-0.4, -0.2) is 9.78 Å². The van der Waals surface area contributed by atoms with Gasteiger partial charge in [0, 0.05) is 18.6 Å². The van der Waals surface area contributed by atoms with Crippen molar-refractivity contribution in [1.29, 1.82) is 0 Å². The van der Waals surface area contributed by atoms with Crippen LogP contribution in [0, 0.1) is 0 Å². The fourth-order valence-electron chi connectivity index (χ4n) is 1.21. The third-order valence-corrected chi connectivity index (χ3v) is 2.12. The number of anilines is 1. The molecular formula is C8H8ClN3. The minimum Gasteiger partial charge on any atom is -0.397 e. The summed E-state index contributed by atoms with van der Waals surface area (Å²) in [7, 11) is 1.85. The Labute approximate surface area is 74.7 Å². The number of aryl methyl sites for hydroxylation is 1. The molecule has 2 rings (SSSR count). The zero-order valence-electron chi connectivity index (χ0n) is 6.58. The summed E-state index contributed by atoms with van der Waals surface area (Å²) in [4.78, 5) is 0. The summed E-state index contributed by atoms with van der Waals surface area (Å²) < 4.78 is 1.72. The molecule has 0 fully saturated rings. The van der Waals surface area contributed by atoms with Crippen LogP contribution < -0.4 is 5.73 Å². The predicted octanol–water partition coefficient (Wildman–Crippen LogP) is 1.81. The Bertz CT molecular complexity index is 433. The molecule has 0 saturated carbocycles. The van der Waals surface area contributed by atoms with Gasteiger partial charge in [-0.15, -0.1) is 0 Å². The first-order chi connectivity index (χ1) is 5.68. The van der Waals surface area contributed by atoms with E-state index in [2.05, 4.69) is 5.10 Å². The van der Waals surface area contributed by atoms with Gasteiger partial charge in [-0.05, 0) is 12.1 Å². The van der Waals surface area contributed by atoms with Gasteiger partial charge in [0.25, 0.3) is 0 Å². The van der Waals surface area contributed by atoms with Crippen molar-refractivity contribution in [3.8, 4) is 0 Å². The van der Waals surface area contributed by atoms with Crippen LogP contribution in [0.5, 0.6) is 0 Å². The van der Waals surface area contributed by atoms with Crippen molar-refractivity contribution < 1.29 is 0 Å². The lowest BCUT2D eigenvalue weighted by Gasteiger charge is -1.96. The first kappa shape index (κ1) is 7.43. The molecule has 0 unspecified atom stereocenters. The molecule has 0 spiro atoms. The predicted molar refractivity (Wildman–Crippen MR) is 50.1 cm³/mol.